The molecule has 7 nitrogen and oxygen atoms in total. The SMILES string of the molecule is CNC(=O)[C@@H](Cc1ccccc1)N(Cc1ccc(Cl)cc1Cl)C(=O)CN(c1ccc(C)c(Cl)c1)S(=O)(=O)c1ccc(C)cc1. The van der Waals surface area contributed by atoms with Crippen LogP contribution >= 0.6 is 34.8 Å². The van der Waals surface area contributed by atoms with Crippen molar-refractivity contribution in [2.75, 3.05) is 17.9 Å². The van der Waals surface area contributed by atoms with Crippen molar-refractivity contribution in [1.82, 2.24) is 10.2 Å². The van der Waals surface area contributed by atoms with E-state index in [0.717, 1.165) is 21.0 Å². The highest BCUT2D eigenvalue weighted by Crippen LogP contribution is 2.30. The second kappa shape index (κ2) is 14.5. The Morgan fingerprint density at radius 3 is 2.14 bits per heavy atom. The minimum Gasteiger partial charge on any atom is -0.357 e. The molecular weight excluding hydrogens is 641 g/mol. The van der Waals surface area contributed by atoms with E-state index in [2.05, 4.69) is 5.32 Å². The number of carbonyl (C=O) groups is 2. The molecule has 0 spiro atoms. The molecule has 4 aromatic rings. The Labute approximate surface area is 273 Å². The van der Waals surface area contributed by atoms with Gasteiger partial charge < -0.3 is 10.2 Å². The van der Waals surface area contributed by atoms with Crippen LogP contribution in [0, 0.1) is 13.8 Å². The number of halogens is 3. The first-order valence-electron chi connectivity index (χ1n) is 13.7. The molecule has 2 amide bonds. The summed E-state index contributed by atoms with van der Waals surface area (Å²) in [7, 11) is -2.76. The summed E-state index contributed by atoms with van der Waals surface area (Å²) in [6.07, 6.45) is 0.179. The molecule has 0 saturated carbocycles. The molecule has 0 bridgehead atoms. The standard InChI is InChI=1S/C33H32Cl3N3O4S/c1-22-9-15-28(16-10-22)44(42,43)39(27-14-11-23(2)29(35)19-27)21-32(40)38(20-25-12-13-26(34)18-30(25)36)31(33(41)37-3)17-24-7-5-4-6-8-24/h4-16,18-19,31H,17,20-21H2,1-3H3,(H,37,41)/t31-/m1/s1. The van der Waals surface area contributed by atoms with Gasteiger partial charge in [0.05, 0.1) is 10.6 Å². The molecular formula is C33H32Cl3N3O4S. The summed E-state index contributed by atoms with van der Waals surface area (Å²) >= 11 is 19.1. The molecule has 0 aliphatic carbocycles. The van der Waals surface area contributed by atoms with Crippen LogP contribution in [0.5, 0.6) is 0 Å². The number of rotatable bonds is 11. The van der Waals surface area contributed by atoms with Crippen LogP contribution in [-0.4, -0.2) is 44.8 Å². The fourth-order valence-corrected chi connectivity index (χ4v) is 6.71. The fraction of sp³-hybridized carbons (Fsp3) is 0.212. The Balaban J connectivity index is 1.82. The van der Waals surface area contributed by atoms with Gasteiger partial charge in [-0.25, -0.2) is 8.42 Å². The van der Waals surface area contributed by atoms with Gasteiger partial charge in [0.2, 0.25) is 11.8 Å². The van der Waals surface area contributed by atoms with Crippen LogP contribution in [0.15, 0.2) is 95.9 Å². The molecule has 0 heterocycles. The molecule has 4 aromatic carbocycles. The summed E-state index contributed by atoms with van der Waals surface area (Å²) < 4.78 is 29.2. The number of hydrogen-bond donors (Lipinski definition) is 1. The average molecular weight is 673 g/mol. The van der Waals surface area contributed by atoms with Crippen molar-refractivity contribution in [3.8, 4) is 0 Å². The first-order chi connectivity index (χ1) is 20.9. The predicted molar refractivity (Wildman–Crippen MR) is 177 cm³/mol. The van der Waals surface area contributed by atoms with Gasteiger partial charge in [-0.2, -0.15) is 0 Å². The van der Waals surface area contributed by atoms with Crippen LogP contribution in [0.1, 0.15) is 22.3 Å². The maximum atomic E-state index is 14.4. The van der Waals surface area contributed by atoms with Gasteiger partial charge in [0, 0.05) is 35.1 Å². The van der Waals surface area contributed by atoms with E-state index in [0.29, 0.717) is 20.6 Å². The zero-order chi connectivity index (χ0) is 32.0. The van der Waals surface area contributed by atoms with Crippen molar-refractivity contribution in [3.63, 3.8) is 0 Å². The first-order valence-corrected chi connectivity index (χ1v) is 16.3. The zero-order valence-corrected chi connectivity index (χ0v) is 27.5. The molecule has 11 heteroatoms. The molecule has 4 rings (SSSR count). The molecule has 0 saturated heterocycles. The number of anilines is 1. The number of benzene rings is 4. The average Bonchev–Trinajstić information content (AvgIpc) is 3.00. The summed E-state index contributed by atoms with van der Waals surface area (Å²) in [4.78, 5) is 29.1. The van der Waals surface area contributed by atoms with Crippen molar-refractivity contribution in [2.45, 2.75) is 37.8 Å². The second-order valence-corrected chi connectivity index (χ2v) is 13.4. The summed E-state index contributed by atoms with van der Waals surface area (Å²) in [5, 5.41) is 3.72. The molecule has 0 fully saturated rings. The van der Waals surface area contributed by atoms with Gasteiger partial charge in [-0.05, 0) is 66.9 Å². The molecule has 1 atom stereocenters. The fourth-order valence-electron chi connectivity index (χ4n) is 4.66. The maximum absolute atomic E-state index is 14.4. The topological polar surface area (TPSA) is 86.8 Å². The van der Waals surface area contributed by atoms with E-state index in [1.54, 1.807) is 49.4 Å². The Morgan fingerprint density at radius 2 is 1.52 bits per heavy atom. The lowest BCUT2D eigenvalue weighted by molar-refractivity contribution is -0.139. The number of amides is 2. The predicted octanol–water partition coefficient (Wildman–Crippen LogP) is 6.85. The molecule has 230 valence electrons. The smallest absolute Gasteiger partial charge is 0.264 e. The van der Waals surface area contributed by atoms with Crippen molar-refractivity contribution < 1.29 is 18.0 Å². The van der Waals surface area contributed by atoms with E-state index in [1.165, 1.54) is 30.1 Å². The van der Waals surface area contributed by atoms with Gasteiger partial charge in [0.1, 0.15) is 12.6 Å². The molecule has 0 aliphatic rings. The lowest BCUT2D eigenvalue weighted by Gasteiger charge is -2.34. The van der Waals surface area contributed by atoms with Crippen LogP contribution in [0.4, 0.5) is 5.69 Å². The van der Waals surface area contributed by atoms with E-state index < -0.39 is 34.4 Å². The van der Waals surface area contributed by atoms with Crippen molar-refractivity contribution in [2.24, 2.45) is 0 Å². The lowest BCUT2D eigenvalue weighted by Crippen LogP contribution is -2.53. The Morgan fingerprint density at radius 1 is 0.841 bits per heavy atom. The van der Waals surface area contributed by atoms with Gasteiger partial charge in [0.15, 0.2) is 0 Å². The van der Waals surface area contributed by atoms with E-state index in [-0.39, 0.29) is 23.5 Å². The summed E-state index contributed by atoms with van der Waals surface area (Å²) in [5.74, 6) is -1.04. The molecule has 0 radical (unpaired) electrons. The highest BCUT2D eigenvalue weighted by Gasteiger charge is 2.34. The Bertz CT molecular complexity index is 1750. The molecule has 1 N–H and O–H groups in total. The van der Waals surface area contributed by atoms with E-state index >= 15 is 0 Å². The van der Waals surface area contributed by atoms with E-state index in [4.69, 9.17) is 34.8 Å². The molecule has 0 aromatic heterocycles. The van der Waals surface area contributed by atoms with Gasteiger partial charge in [0.25, 0.3) is 10.0 Å². The zero-order valence-electron chi connectivity index (χ0n) is 24.4. The third-order valence-corrected chi connectivity index (χ3v) is 9.99. The Kier molecular flexibility index (Phi) is 11.0. The minimum atomic E-state index is -4.24. The number of likely N-dealkylation sites (N-methyl/N-ethyl adjacent to an activating group) is 1. The summed E-state index contributed by atoms with van der Waals surface area (Å²) in [6.45, 7) is 2.96. The maximum Gasteiger partial charge on any atom is 0.264 e. The summed E-state index contributed by atoms with van der Waals surface area (Å²) in [6, 6.07) is 24.3. The lowest BCUT2D eigenvalue weighted by atomic mass is 10.0. The largest absolute Gasteiger partial charge is 0.357 e. The van der Waals surface area contributed by atoms with Crippen molar-refractivity contribution >= 4 is 62.3 Å². The molecule has 44 heavy (non-hydrogen) atoms. The van der Waals surface area contributed by atoms with Gasteiger partial charge in [-0.15, -0.1) is 0 Å². The van der Waals surface area contributed by atoms with Gasteiger partial charge in [-0.1, -0.05) is 95.0 Å². The van der Waals surface area contributed by atoms with Crippen molar-refractivity contribution in [1.29, 1.82) is 0 Å². The number of nitrogens with one attached hydrogen (secondary N) is 1. The summed E-state index contributed by atoms with van der Waals surface area (Å²) in [5.41, 5.74) is 3.19. The van der Waals surface area contributed by atoms with Crippen LogP contribution in [-0.2, 0) is 32.6 Å². The highest BCUT2D eigenvalue weighted by atomic mass is 35.5. The molecule has 0 unspecified atom stereocenters. The van der Waals surface area contributed by atoms with E-state index in [1.807, 2.05) is 37.3 Å². The van der Waals surface area contributed by atoms with Crippen LogP contribution in [0.3, 0.4) is 0 Å². The van der Waals surface area contributed by atoms with Gasteiger partial charge in [-0.3, -0.25) is 13.9 Å². The van der Waals surface area contributed by atoms with Crippen LogP contribution < -0.4 is 9.62 Å². The Hall–Kier alpha value is -3.56. The van der Waals surface area contributed by atoms with Crippen LogP contribution in [0.2, 0.25) is 15.1 Å². The third-order valence-electron chi connectivity index (χ3n) is 7.20. The monoisotopic (exact) mass is 671 g/mol. The quantitative estimate of drug-likeness (QED) is 0.189. The normalized spacial score (nSPS) is 12.0. The number of aryl methyl sites for hydroxylation is 2. The highest BCUT2D eigenvalue weighted by molar-refractivity contribution is 7.92. The number of hydrogen-bond acceptors (Lipinski definition) is 4. The van der Waals surface area contributed by atoms with Crippen molar-refractivity contribution in [3.05, 3.63) is 128 Å². The molecule has 0 aliphatic heterocycles. The second-order valence-electron chi connectivity index (χ2n) is 10.3. The number of nitrogens with zero attached hydrogens (tertiary/aromatic N) is 2. The van der Waals surface area contributed by atoms with E-state index in [9.17, 15) is 18.0 Å². The first kappa shape index (κ1) is 33.3. The third kappa shape index (κ3) is 7.93. The number of carbonyl (C=O) groups excluding carboxylic acids is 2. The van der Waals surface area contributed by atoms with Crippen LogP contribution in [0.25, 0.3) is 0 Å². The number of sulfonamides is 1. The minimum absolute atomic E-state index is 0.00651. The van der Waals surface area contributed by atoms with Gasteiger partial charge >= 0.3 is 0 Å².